The number of rotatable bonds is 6. The number of hydrogen-bond acceptors (Lipinski definition) is 1. The molecule has 5 heteroatoms. The third-order valence-electron chi connectivity index (χ3n) is 4.14. The lowest BCUT2D eigenvalue weighted by molar-refractivity contribution is -0.684. The Hall–Kier alpha value is -1.39. The van der Waals surface area contributed by atoms with Gasteiger partial charge in [0.25, 0.3) is 5.91 Å². The van der Waals surface area contributed by atoms with Crippen LogP contribution in [0.5, 0.6) is 0 Å². The fourth-order valence-corrected chi connectivity index (χ4v) is 2.94. The number of anilines is 1. The molecule has 1 amide bonds. The monoisotopic (exact) mass is 410 g/mol. The molecule has 2 aromatic rings. The number of benzene rings is 1. The standard InChI is InChI=1S/C19H23BrN2O.ClH/c1-4-15(5-2)16-8-10-22(11-9-16)13-19(23)21-17-6-7-18(20)14(3)12-17;/h6-12,15H,4-5,13H2,1-3H3;1H. The molecule has 3 nitrogen and oxygen atoms in total. The molecule has 0 saturated carbocycles. The molecule has 0 saturated heterocycles. The summed E-state index contributed by atoms with van der Waals surface area (Å²) in [5, 5.41) is 2.94. The number of pyridine rings is 1. The van der Waals surface area contributed by atoms with Crippen LogP contribution in [0.25, 0.3) is 0 Å². The lowest BCUT2D eigenvalue weighted by Crippen LogP contribution is -3.00. The first-order chi connectivity index (χ1) is 11.0. The summed E-state index contributed by atoms with van der Waals surface area (Å²) in [6.45, 7) is 6.75. The average molecular weight is 412 g/mol. The van der Waals surface area contributed by atoms with E-state index in [2.05, 4.69) is 47.2 Å². The zero-order valence-corrected chi connectivity index (χ0v) is 16.7. The van der Waals surface area contributed by atoms with Gasteiger partial charge < -0.3 is 17.7 Å². The first-order valence-corrected chi connectivity index (χ1v) is 8.87. The van der Waals surface area contributed by atoms with E-state index in [1.807, 2.05) is 42.1 Å². The molecule has 0 unspecified atom stereocenters. The summed E-state index contributed by atoms with van der Waals surface area (Å²) in [4.78, 5) is 12.2. The Morgan fingerprint density at radius 2 is 1.79 bits per heavy atom. The van der Waals surface area contributed by atoms with Crippen LogP contribution in [0.4, 0.5) is 5.69 Å². The maximum absolute atomic E-state index is 12.2. The van der Waals surface area contributed by atoms with Crippen LogP contribution in [0.3, 0.4) is 0 Å². The van der Waals surface area contributed by atoms with Crippen molar-refractivity contribution < 1.29 is 21.8 Å². The highest BCUT2D eigenvalue weighted by Crippen LogP contribution is 2.21. The second-order valence-corrected chi connectivity index (χ2v) is 6.68. The molecule has 1 aromatic heterocycles. The van der Waals surface area contributed by atoms with Gasteiger partial charge in [0.1, 0.15) is 0 Å². The molecule has 1 N–H and O–H groups in total. The molecule has 0 aliphatic heterocycles. The molecule has 130 valence electrons. The lowest BCUT2D eigenvalue weighted by atomic mass is 9.95. The first kappa shape index (κ1) is 20.7. The Balaban J connectivity index is 0.00000288. The quantitative estimate of drug-likeness (QED) is 0.720. The van der Waals surface area contributed by atoms with Crippen molar-refractivity contribution in [2.24, 2.45) is 0 Å². The van der Waals surface area contributed by atoms with Crippen LogP contribution in [0, 0.1) is 6.92 Å². The minimum absolute atomic E-state index is 0. The zero-order valence-electron chi connectivity index (χ0n) is 14.4. The fourth-order valence-electron chi connectivity index (χ4n) is 2.70. The summed E-state index contributed by atoms with van der Waals surface area (Å²) < 4.78 is 2.95. The van der Waals surface area contributed by atoms with Gasteiger partial charge in [-0.15, -0.1) is 0 Å². The van der Waals surface area contributed by atoms with Crippen molar-refractivity contribution in [3.8, 4) is 0 Å². The van der Waals surface area contributed by atoms with Crippen LogP contribution < -0.4 is 22.3 Å². The molecule has 0 atom stereocenters. The minimum atomic E-state index is -0.0213. The van der Waals surface area contributed by atoms with Gasteiger partial charge in [-0.1, -0.05) is 29.8 Å². The number of nitrogens with one attached hydrogen (secondary N) is 1. The third-order valence-corrected chi connectivity index (χ3v) is 5.03. The summed E-state index contributed by atoms with van der Waals surface area (Å²) in [6.07, 6.45) is 6.26. The zero-order chi connectivity index (χ0) is 16.8. The molecule has 0 bridgehead atoms. The fraction of sp³-hybridized carbons (Fsp3) is 0.368. The van der Waals surface area contributed by atoms with Crippen LogP contribution in [0.1, 0.15) is 43.7 Å². The van der Waals surface area contributed by atoms with Crippen LogP contribution in [-0.2, 0) is 11.3 Å². The van der Waals surface area contributed by atoms with Crippen LogP contribution in [-0.4, -0.2) is 5.91 Å². The summed E-state index contributed by atoms with van der Waals surface area (Å²) in [5.41, 5.74) is 3.27. The molecule has 24 heavy (non-hydrogen) atoms. The van der Waals surface area contributed by atoms with Crippen molar-refractivity contribution in [3.05, 3.63) is 58.3 Å². The second kappa shape index (κ2) is 9.80. The van der Waals surface area contributed by atoms with Gasteiger partial charge in [0.05, 0.1) is 0 Å². The number of carbonyl (C=O) groups excluding carboxylic acids is 1. The van der Waals surface area contributed by atoms with Crippen molar-refractivity contribution in [2.75, 3.05) is 5.32 Å². The van der Waals surface area contributed by atoms with Gasteiger partial charge in [0.2, 0.25) is 6.54 Å². The Bertz CT molecular complexity index is 670. The molecule has 1 aromatic carbocycles. The maximum Gasteiger partial charge on any atom is 0.290 e. The Labute approximate surface area is 159 Å². The van der Waals surface area contributed by atoms with Crippen molar-refractivity contribution >= 4 is 27.5 Å². The normalized spacial score (nSPS) is 10.4. The van der Waals surface area contributed by atoms with Crippen molar-refractivity contribution in [1.29, 1.82) is 0 Å². The number of halogens is 2. The van der Waals surface area contributed by atoms with E-state index in [0.29, 0.717) is 12.5 Å². The predicted octanol–water partition coefficient (Wildman–Crippen LogP) is 1.59. The number of aromatic nitrogens is 1. The molecule has 1 heterocycles. The third kappa shape index (κ3) is 5.60. The second-order valence-electron chi connectivity index (χ2n) is 5.83. The number of carbonyl (C=O) groups is 1. The SMILES string of the molecule is CCC(CC)c1cc[n+](CC(=O)Nc2ccc(Br)c(C)c2)cc1.[Cl-]. The van der Waals surface area contributed by atoms with Crippen molar-refractivity contribution in [3.63, 3.8) is 0 Å². The number of aryl methyl sites for hydroxylation is 1. The largest absolute Gasteiger partial charge is 1.00 e. The Morgan fingerprint density at radius 3 is 2.33 bits per heavy atom. The highest BCUT2D eigenvalue weighted by atomic mass is 79.9. The number of nitrogens with zero attached hydrogens (tertiary/aromatic N) is 1. The van der Waals surface area contributed by atoms with E-state index < -0.39 is 0 Å². The van der Waals surface area contributed by atoms with E-state index in [1.165, 1.54) is 5.56 Å². The minimum Gasteiger partial charge on any atom is -1.00 e. The van der Waals surface area contributed by atoms with Gasteiger partial charge in [0, 0.05) is 22.3 Å². The van der Waals surface area contributed by atoms with Gasteiger partial charge in [-0.05, 0) is 55.0 Å². The van der Waals surface area contributed by atoms with Gasteiger partial charge in [-0.2, -0.15) is 4.57 Å². The molecule has 0 radical (unpaired) electrons. The molecule has 0 spiro atoms. The first-order valence-electron chi connectivity index (χ1n) is 8.08. The van der Waals surface area contributed by atoms with Gasteiger partial charge in [-0.25, -0.2) is 0 Å². The molecule has 2 rings (SSSR count). The van der Waals surface area contributed by atoms with E-state index in [-0.39, 0.29) is 18.3 Å². The number of hydrogen-bond donors (Lipinski definition) is 1. The maximum atomic E-state index is 12.2. The summed E-state index contributed by atoms with van der Waals surface area (Å²) in [6, 6.07) is 10.0. The summed E-state index contributed by atoms with van der Waals surface area (Å²) >= 11 is 3.46. The number of amides is 1. The molecular formula is C19H24BrClN2O. The van der Waals surface area contributed by atoms with E-state index in [9.17, 15) is 4.79 Å². The lowest BCUT2D eigenvalue weighted by Gasteiger charge is -2.11. The summed E-state index contributed by atoms with van der Waals surface area (Å²) in [5.74, 6) is 0.580. The van der Waals surface area contributed by atoms with Crippen molar-refractivity contribution in [1.82, 2.24) is 0 Å². The molecule has 0 fully saturated rings. The average Bonchev–Trinajstić information content (AvgIpc) is 2.53. The highest BCUT2D eigenvalue weighted by Gasteiger charge is 2.12. The van der Waals surface area contributed by atoms with E-state index >= 15 is 0 Å². The van der Waals surface area contributed by atoms with E-state index in [4.69, 9.17) is 0 Å². The topological polar surface area (TPSA) is 33.0 Å². The Kier molecular flexibility index (Phi) is 8.43. The predicted molar refractivity (Wildman–Crippen MR) is 97.5 cm³/mol. The van der Waals surface area contributed by atoms with E-state index in [1.54, 1.807) is 0 Å². The van der Waals surface area contributed by atoms with Crippen LogP contribution in [0.15, 0.2) is 47.2 Å². The van der Waals surface area contributed by atoms with Crippen LogP contribution >= 0.6 is 15.9 Å². The van der Waals surface area contributed by atoms with Gasteiger partial charge in [0.15, 0.2) is 12.4 Å². The summed E-state index contributed by atoms with van der Waals surface area (Å²) in [7, 11) is 0. The van der Waals surface area contributed by atoms with Gasteiger partial charge in [-0.3, -0.25) is 4.79 Å². The van der Waals surface area contributed by atoms with Gasteiger partial charge >= 0.3 is 0 Å². The van der Waals surface area contributed by atoms with E-state index in [0.717, 1.165) is 28.6 Å². The molecular weight excluding hydrogens is 388 g/mol. The molecule has 0 aliphatic rings. The molecule has 0 aliphatic carbocycles. The Morgan fingerprint density at radius 1 is 1.17 bits per heavy atom. The highest BCUT2D eigenvalue weighted by molar-refractivity contribution is 9.10. The van der Waals surface area contributed by atoms with Crippen LogP contribution in [0.2, 0.25) is 0 Å². The van der Waals surface area contributed by atoms with Crippen molar-refractivity contribution in [2.45, 2.75) is 46.1 Å². The smallest absolute Gasteiger partial charge is 0.290 e.